The molecule has 1 fully saturated rings. The lowest BCUT2D eigenvalue weighted by Crippen LogP contribution is -1.93. The molecule has 58 valence electrons. The number of nitrogens with zero attached hydrogens (tertiary/aromatic N) is 1. The molecule has 1 aliphatic rings. The maximum atomic E-state index is 4.94. The fourth-order valence-corrected chi connectivity index (χ4v) is 1.43. The van der Waals surface area contributed by atoms with Crippen LogP contribution in [0, 0.1) is 11.7 Å². The Morgan fingerprint density at radius 2 is 2.36 bits per heavy atom. The topological polar surface area (TPSA) is 28.7 Å². The average Bonchev–Trinajstić information content (AvgIpc) is 2.76. The molecule has 1 aromatic rings. The minimum atomic E-state index is 0.609. The Bertz CT molecular complexity index is 325. The first-order chi connectivity index (χ1) is 5.27. The lowest BCUT2D eigenvalue weighted by molar-refractivity contribution is 0.946. The molecule has 2 nitrogen and oxygen atoms in total. The first-order valence-corrected chi connectivity index (χ1v) is 4.24. The number of H-pyrrole nitrogens is 1. The van der Waals surface area contributed by atoms with Gasteiger partial charge in [-0.25, -0.2) is 4.98 Å². The molecule has 2 rings (SSSR count). The molecule has 1 heterocycles. The highest BCUT2D eigenvalue weighted by atomic mass is 32.1. The molecule has 0 atom stereocenters. The van der Waals surface area contributed by atoms with Crippen molar-refractivity contribution in [3.05, 3.63) is 22.2 Å². The number of nitrogens with one attached hydrogen (secondary N) is 1. The SMILES string of the molecule is Cc1cnc(=S)[nH]c1C1CC1. The maximum absolute atomic E-state index is 4.94. The van der Waals surface area contributed by atoms with Crippen LogP contribution >= 0.6 is 12.2 Å². The number of aromatic amines is 1. The number of hydrogen-bond acceptors (Lipinski definition) is 2. The summed E-state index contributed by atoms with van der Waals surface area (Å²) >= 11 is 4.94. The van der Waals surface area contributed by atoms with Gasteiger partial charge < -0.3 is 4.98 Å². The van der Waals surface area contributed by atoms with E-state index in [2.05, 4.69) is 16.9 Å². The average molecular weight is 166 g/mol. The van der Waals surface area contributed by atoms with Gasteiger partial charge in [0.05, 0.1) is 0 Å². The normalized spacial score (nSPS) is 16.8. The lowest BCUT2D eigenvalue weighted by atomic mass is 10.2. The molecule has 0 amide bonds. The van der Waals surface area contributed by atoms with Crippen LogP contribution in [0.1, 0.15) is 30.0 Å². The zero-order valence-electron chi connectivity index (χ0n) is 6.42. The van der Waals surface area contributed by atoms with Crippen LogP contribution in [-0.2, 0) is 0 Å². The van der Waals surface area contributed by atoms with E-state index in [-0.39, 0.29) is 0 Å². The largest absolute Gasteiger partial charge is 0.334 e. The minimum Gasteiger partial charge on any atom is -0.334 e. The summed E-state index contributed by atoms with van der Waals surface area (Å²) in [6, 6.07) is 0. The number of rotatable bonds is 1. The van der Waals surface area contributed by atoms with Crippen LogP contribution in [0.3, 0.4) is 0 Å². The van der Waals surface area contributed by atoms with Gasteiger partial charge in [0.25, 0.3) is 0 Å². The van der Waals surface area contributed by atoms with E-state index in [1.165, 1.54) is 24.1 Å². The van der Waals surface area contributed by atoms with E-state index in [4.69, 9.17) is 12.2 Å². The monoisotopic (exact) mass is 166 g/mol. The zero-order valence-corrected chi connectivity index (χ0v) is 7.24. The molecule has 1 aliphatic carbocycles. The third kappa shape index (κ3) is 1.33. The van der Waals surface area contributed by atoms with Crippen LogP contribution in [0.5, 0.6) is 0 Å². The van der Waals surface area contributed by atoms with Crippen LogP contribution < -0.4 is 0 Å². The van der Waals surface area contributed by atoms with Crippen LogP contribution in [0.4, 0.5) is 0 Å². The summed E-state index contributed by atoms with van der Waals surface area (Å²) in [5.41, 5.74) is 2.53. The van der Waals surface area contributed by atoms with Crippen molar-refractivity contribution in [1.29, 1.82) is 0 Å². The Labute approximate surface area is 70.7 Å². The molecule has 0 unspecified atom stereocenters. The van der Waals surface area contributed by atoms with Gasteiger partial charge in [0.2, 0.25) is 0 Å². The molecule has 0 spiro atoms. The van der Waals surface area contributed by atoms with E-state index in [0.29, 0.717) is 4.77 Å². The van der Waals surface area contributed by atoms with Crippen LogP contribution in [0.2, 0.25) is 0 Å². The molecule has 1 aromatic heterocycles. The van der Waals surface area contributed by atoms with Gasteiger partial charge in [0.15, 0.2) is 4.77 Å². The Balaban J connectivity index is 2.50. The van der Waals surface area contributed by atoms with Gasteiger partial charge in [0, 0.05) is 11.9 Å². The van der Waals surface area contributed by atoms with Gasteiger partial charge in [-0.3, -0.25) is 0 Å². The number of hydrogen-bond donors (Lipinski definition) is 1. The Morgan fingerprint density at radius 1 is 1.64 bits per heavy atom. The third-order valence-corrected chi connectivity index (χ3v) is 2.23. The van der Waals surface area contributed by atoms with Gasteiger partial charge in [-0.05, 0) is 43.5 Å². The Hall–Kier alpha value is -0.700. The second-order valence-corrected chi connectivity index (χ2v) is 3.45. The van der Waals surface area contributed by atoms with Gasteiger partial charge in [-0.15, -0.1) is 0 Å². The predicted molar refractivity (Wildman–Crippen MR) is 46.1 cm³/mol. The van der Waals surface area contributed by atoms with Crippen molar-refractivity contribution in [2.75, 3.05) is 0 Å². The first kappa shape index (κ1) is 6.98. The smallest absolute Gasteiger partial charge is 0.196 e. The molecule has 0 radical (unpaired) electrons. The second-order valence-electron chi connectivity index (χ2n) is 3.06. The summed E-state index contributed by atoms with van der Waals surface area (Å²) in [7, 11) is 0. The van der Waals surface area contributed by atoms with E-state index < -0.39 is 0 Å². The van der Waals surface area contributed by atoms with Crippen molar-refractivity contribution in [3.63, 3.8) is 0 Å². The molecule has 3 heteroatoms. The fourth-order valence-electron chi connectivity index (χ4n) is 1.27. The summed E-state index contributed by atoms with van der Waals surface area (Å²) in [5.74, 6) is 0.736. The summed E-state index contributed by atoms with van der Waals surface area (Å²) in [6.07, 6.45) is 4.46. The molecular weight excluding hydrogens is 156 g/mol. The van der Waals surface area contributed by atoms with Crippen LogP contribution in [0.15, 0.2) is 6.20 Å². The molecular formula is C8H10N2S. The van der Waals surface area contributed by atoms with Crippen molar-refractivity contribution in [2.24, 2.45) is 0 Å². The summed E-state index contributed by atoms with van der Waals surface area (Å²) in [6.45, 7) is 2.08. The highest BCUT2D eigenvalue weighted by Gasteiger charge is 2.25. The lowest BCUT2D eigenvalue weighted by Gasteiger charge is -2.01. The zero-order chi connectivity index (χ0) is 7.84. The predicted octanol–water partition coefficient (Wildman–Crippen LogP) is 2.33. The third-order valence-electron chi connectivity index (χ3n) is 2.03. The Morgan fingerprint density at radius 3 is 3.00 bits per heavy atom. The van der Waals surface area contributed by atoms with Crippen molar-refractivity contribution >= 4 is 12.2 Å². The van der Waals surface area contributed by atoms with Crippen molar-refractivity contribution in [2.45, 2.75) is 25.7 Å². The molecule has 1 saturated carbocycles. The van der Waals surface area contributed by atoms with Gasteiger partial charge in [0.1, 0.15) is 0 Å². The van der Waals surface area contributed by atoms with Crippen molar-refractivity contribution in [3.8, 4) is 0 Å². The summed E-state index contributed by atoms with van der Waals surface area (Å²) in [4.78, 5) is 7.15. The van der Waals surface area contributed by atoms with Crippen LogP contribution in [0.25, 0.3) is 0 Å². The second kappa shape index (κ2) is 2.41. The summed E-state index contributed by atoms with van der Waals surface area (Å²) in [5, 5.41) is 0. The van der Waals surface area contributed by atoms with Gasteiger partial charge in [-0.1, -0.05) is 0 Å². The molecule has 1 N–H and O–H groups in total. The van der Waals surface area contributed by atoms with E-state index in [0.717, 1.165) is 5.92 Å². The highest BCUT2D eigenvalue weighted by Crippen LogP contribution is 2.39. The fraction of sp³-hybridized carbons (Fsp3) is 0.500. The van der Waals surface area contributed by atoms with Crippen molar-refractivity contribution in [1.82, 2.24) is 9.97 Å². The highest BCUT2D eigenvalue weighted by molar-refractivity contribution is 7.71. The number of aryl methyl sites for hydroxylation is 1. The van der Waals surface area contributed by atoms with Crippen LogP contribution in [-0.4, -0.2) is 9.97 Å². The van der Waals surface area contributed by atoms with Gasteiger partial charge in [-0.2, -0.15) is 0 Å². The van der Waals surface area contributed by atoms with E-state index in [1.54, 1.807) is 0 Å². The quantitative estimate of drug-likeness (QED) is 0.649. The Kier molecular flexibility index (Phi) is 1.53. The summed E-state index contributed by atoms with van der Waals surface area (Å²) < 4.78 is 0.609. The standard InChI is InChI=1S/C8H10N2S/c1-5-4-9-8(11)10-7(5)6-2-3-6/h4,6H,2-3H2,1H3,(H,9,10,11). The maximum Gasteiger partial charge on any atom is 0.196 e. The van der Waals surface area contributed by atoms with E-state index >= 15 is 0 Å². The van der Waals surface area contributed by atoms with Crippen molar-refractivity contribution < 1.29 is 0 Å². The molecule has 0 bridgehead atoms. The number of aromatic nitrogens is 2. The van der Waals surface area contributed by atoms with Gasteiger partial charge >= 0.3 is 0 Å². The van der Waals surface area contributed by atoms with E-state index in [1.807, 2.05) is 6.20 Å². The molecule has 0 aliphatic heterocycles. The first-order valence-electron chi connectivity index (χ1n) is 3.83. The minimum absolute atomic E-state index is 0.609. The molecule has 11 heavy (non-hydrogen) atoms. The molecule has 0 saturated heterocycles. The molecule has 0 aromatic carbocycles. The van der Waals surface area contributed by atoms with E-state index in [9.17, 15) is 0 Å².